The SMILES string of the molecule is [2H]C([2H])([2H])Oc1ccc(C(CS(C)(=O)=O)N2C(=O)c3cccc(N)c3C2=O)nc1OCC. The van der Waals surface area contributed by atoms with E-state index in [-0.39, 0.29) is 40.7 Å². The van der Waals surface area contributed by atoms with Crippen LogP contribution in [0.2, 0.25) is 0 Å². The van der Waals surface area contributed by atoms with E-state index < -0.39 is 40.5 Å². The smallest absolute Gasteiger partial charge is 0.264 e. The van der Waals surface area contributed by atoms with Gasteiger partial charge in [0, 0.05) is 11.9 Å². The number of anilines is 1. The van der Waals surface area contributed by atoms with E-state index in [1.54, 1.807) is 6.92 Å². The maximum absolute atomic E-state index is 13.1. The zero-order chi connectivity index (χ0) is 23.8. The molecule has 0 bridgehead atoms. The summed E-state index contributed by atoms with van der Waals surface area (Å²) in [5.74, 6) is -2.49. The van der Waals surface area contributed by atoms with Crippen molar-refractivity contribution in [3.05, 3.63) is 47.2 Å². The van der Waals surface area contributed by atoms with E-state index >= 15 is 0 Å². The number of rotatable bonds is 7. The number of pyridine rings is 1. The van der Waals surface area contributed by atoms with Crippen molar-refractivity contribution in [2.24, 2.45) is 0 Å². The lowest BCUT2D eigenvalue weighted by atomic mass is 10.1. The quantitative estimate of drug-likeness (QED) is 0.524. The van der Waals surface area contributed by atoms with Crippen molar-refractivity contribution < 1.29 is 31.6 Å². The predicted octanol–water partition coefficient (Wildman–Crippen LogP) is 1.45. The molecule has 0 saturated carbocycles. The van der Waals surface area contributed by atoms with Crippen molar-refractivity contribution in [1.82, 2.24) is 9.88 Å². The van der Waals surface area contributed by atoms with Crippen LogP contribution >= 0.6 is 0 Å². The number of fused-ring (bicyclic) bond motifs is 1. The fourth-order valence-electron chi connectivity index (χ4n) is 3.14. The second-order valence-electron chi connectivity index (χ2n) is 6.43. The van der Waals surface area contributed by atoms with Gasteiger partial charge < -0.3 is 15.2 Å². The predicted molar refractivity (Wildman–Crippen MR) is 106 cm³/mol. The fraction of sp³-hybridized carbons (Fsp3) is 0.316. The number of sulfone groups is 1. The molecule has 1 aliphatic rings. The van der Waals surface area contributed by atoms with Crippen LogP contribution in [0.3, 0.4) is 0 Å². The van der Waals surface area contributed by atoms with Crippen LogP contribution in [0.1, 0.15) is 43.5 Å². The minimum absolute atomic E-state index is 0.00449. The molecule has 3 rings (SSSR count). The zero-order valence-corrected chi connectivity index (χ0v) is 16.5. The Balaban J connectivity index is 2.11. The number of hydrogen-bond acceptors (Lipinski definition) is 8. The molecule has 1 aromatic carbocycles. The minimum atomic E-state index is -3.70. The summed E-state index contributed by atoms with van der Waals surface area (Å²) < 4.78 is 56.4. The van der Waals surface area contributed by atoms with Crippen molar-refractivity contribution in [3.63, 3.8) is 0 Å². The Kier molecular flexibility index (Phi) is 4.46. The summed E-state index contributed by atoms with van der Waals surface area (Å²) in [6.07, 6.45) is 0.960. The first kappa shape index (κ1) is 16.8. The molecule has 1 unspecified atom stereocenters. The summed E-state index contributed by atoms with van der Waals surface area (Å²) >= 11 is 0. The number of benzene rings is 1. The summed E-state index contributed by atoms with van der Waals surface area (Å²) in [4.78, 5) is 31.1. The second-order valence-corrected chi connectivity index (χ2v) is 8.62. The van der Waals surface area contributed by atoms with Gasteiger partial charge in [0.25, 0.3) is 17.7 Å². The zero-order valence-electron chi connectivity index (χ0n) is 18.7. The Morgan fingerprint density at radius 1 is 1.24 bits per heavy atom. The average Bonchev–Trinajstić information content (AvgIpc) is 2.91. The minimum Gasteiger partial charge on any atom is -0.491 e. The van der Waals surface area contributed by atoms with E-state index in [2.05, 4.69) is 4.98 Å². The third-order valence-corrected chi connectivity index (χ3v) is 5.25. The lowest BCUT2D eigenvalue weighted by Crippen LogP contribution is -2.38. The number of nitrogens with zero attached hydrogens (tertiary/aromatic N) is 2. The molecule has 10 heteroatoms. The maximum Gasteiger partial charge on any atom is 0.264 e. The Morgan fingerprint density at radius 3 is 2.62 bits per heavy atom. The van der Waals surface area contributed by atoms with Gasteiger partial charge in [-0.3, -0.25) is 14.5 Å². The van der Waals surface area contributed by atoms with Crippen LogP contribution < -0.4 is 15.2 Å². The molecule has 154 valence electrons. The highest BCUT2D eigenvalue weighted by atomic mass is 32.2. The van der Waals surface area contributed by atoms with Gasteiger partial charge >= 0.3 is 0 Å². The van der Waals surface area contributed by atoms with Gasteiger partial charge in [-0.05, 0) is 31.2 Å². The van der Waals surface area contributed by atoms with Crippen LogP contribution in [-0.2, 0) is 9.84 Å². The van der Waals surface area contributed by atoms with Crippen LogP contribution in [0.25, 0.3) is 0 Å². The average molecular weight is 422 g/mol. The molecule has 1 aromatic heterocycles. The highest BCUT2D eigenvalue weighted by molar-refractivity contribution is 7.90. The first-order valence-electron chi connectivity index (χ1n) is 10.1. The molecule has 1 aliphatic heterocycles. The highest BCUT2D eigenvalue weighted by Gasteiger charge is 2.43. The molecular formula is C19H21N3O6S. The highest BCUT2D eigenvalue weighted by Crippen LogP contribution is 2.36. The number of nitrogens with two attached hydrogens (primary N) is 1. The molecule has 29 heavy (non-hydrogen) atoms. The molecule has 0 fully saturated rings. The number of methoxy groups -OCH3 is 1. The molecule has 2 amide bonds. The lowest BCUT2D eigenvalue weighted by molar-refractivity contribution is 0.0594. The van der Waals surface area contributed by atoms with Crippen molar-refractivity contribution >= 4 is 27.3 Å². The van der Waals surface area contributed by atoms with E-state index in [1.807, 2.05) is 0 Å². The molecule has 1 atom stereocenters. The number of carbonyl (C=O) groups excluding carboxylic acids is 2. The van der Waals surface area contributed by atoms with E-state index in [0.717, 1.165) is 11.2 Å². The molecule has 0 aliphatic carbocycles. The van der Waals surface area contributed by atoms with Gasteiger partial charge in [-0.15, -0.1) is 0 Å². The van der Waals surface area contributed by atoms with Gasteiger partial charge in [-0.25, -0.2) is 13.4 Å². The van der Waals surface area contributed by atoms with Crippen molar-refractivity contribution in [3.8, 4) is 11.6 Å². The normalized spacial score (nSPS) is 16.6. The third-order valence-electron chi connectivity index (χ3n) is 4.33. The summed E-state index contributed by atoms with van der Waals surface area (Å²) in [5.41, 5.74) is 6.01. The fourth-order valence-corrected chi connectivity index (χ4v) is 4.03. The number of hydrogen-bond donors (Lipinski definition) is 1. The van der Waals surface area contributed by atoms with Gasteiger partial charge in [0.15, 0.2) is 5.75 Å². The van der Waals surface area contributed by atoms with Gasteiger partial charge in [-0.2, -0.15) is 0 Å². The number of nitrogen functional groups attached to an aromatic ring is 1. The number of carbonyl (C=O) groups is 2. The van der Waals surface area contributed by atoms with Crippen molar-refractivity contribution in [1.29, 1.82) is 0 Å². The van der Waals surface area contributed by atoms with Crippen LogP contribution in [0.15, 0.2) is 30.3 Å². The second kappa shape index (κ2) is 7.70. The van der Waals surface area contributed by atoms with E-state index in [0.29, 0.717) is 0 Å². The molecule has 2 heterocycles. The standard InChI is InChI=1S/C19H21N3O6S/c1-4-28-17-15(27-2)9-8-13(21-17)14(10-29(3,25)26)22-18(23)11-6-5-7-12(20)16(11)19(22)24/h5-9,14H,4,10,20H2,1-3H3/i2D3. The van der Waals surface area contributed by atoms with Crippen molar-refractivity contribution in [2.75, 3.05) is 31.4 Å². The molecule has 2 N–H and O–H groups in total. The Morgan fingerprint density at radius 2 is 2.00 bits per heavy atom. The Bertz CT molecular complexity index is 1180. The van der Waals surface area contributed by atoms with Crippen LogP contribution in [0, 0.1) is 0 Å². The van der Waals surface area contributed by atoms with E-state index in [4.69, 9.17) is 19.3 Å². The van der Waals surface area contributed by atoms with Crippen LogP contribution in [-0.4, -0.2) is 55.8 Å². The number of ether oxygens (including phenoxy) is 2. The van der Waals surface area contributed by atoms with Gasteiger partial charge in [0.1, 0.15) is 9.84 Å². The number of imide groups is 1. The van der Waals surface area contributed by atoms with Crippen molar-refractivity contribution in [2.45, 2.75) is 13.0 Å². The molecule has 9 nitrogen and oxygen atoms in total. The molecule has 0 spiro atoms. The van der Waals surface area contributed by atoms with Gasteiger partial charge in [0.2, 0.25) is 0 Å². The summed E-state index contributed by atoms with van der Waals surface area (Å²) in [7, 11) is -6.47. The third kappa shape index (κ3) is 3.88. The summed E-state index contributed by atoms with van der Waals surface area (Å²) in [5, 5.41) is 0. The molecule has 2 aromatic rings. The summed E-state index contributed by atoms with van der Waals surface area (Å²) in [6.45, 7) is 1.74. The largest absolute Gasteiger partial charge is 0.491 e. The molecular weight excluding hydrogens is 398 g/mol. The topological polar surface area (TPSA) is 129 Å². The lowest BCUT2D eigenvalue weighted by Gasteiger charge is -2.25. The number of amides is 2. The molecule has 0 radical (unpaired) electrons. The van der Waals surface area contributed by atoms with Crippen LogP contribution in [0.5, 0.6) is 11.6 Å². The monoisotopic (exact) mass is 422 g/mol. The van der Waals surface area contributed by atoms with Gasteiger partial charge in [-0.1, -0.05) is 6.07 Å². The molecule has 0 saturated heterocycles. The maximum atomic E-state index is 13.1. The van der Waals surface area contributed by atoms with Gasteiger partial charge in [0.05, 0.1) is 46.4 Å². The summed E-state index contributed by atoms with van der Waals surface area (Å²) in [6, 6.07) is 5.62. The first-order valence-corrected chi connectivity index (χ1v) is 10.7. The van der Waals surface area contributed by atoms with E-state index in [9.17, 15) is 18.0 Å². The number of aromatic nitrogens is 1. The van der Waals surface area contributed by atoms with Crippen LogP contribution in [0.4, 0.5) is 5.69 Å². The first-order chi connectivity index (χ1) is 14.8. The Hall–Kier alpha value is -3.14. The van der Waals surface area contributed by atoms with E-state index in [1.165, 1.54) is 30.3 Å². The Labute approximate surface area is 172 Å².